The number of methoxy groups -OCH3 is 2. The number of hydrogen-bond donors (Lipinski definition) is 2. The van der Waals surface area contributed by atoms with Gasteiger partial charge in [0.15, 0.2) is 11.5 Å². The highest BCUT2D eigenvalue weighted by molar-refractivity contribution is 5.93. The van der Waals surface area contributed by atoms with E-state index in [1.54, 1.807) is 30.3 Å². The first-order chi connectivity index (χ1) is 12.0. The summed E-state index contributed by atoms with van der Waals surface area (Å²) in [6.07, 6.45) is 0. The Labute approximate surface area is 143 Å². The van der Waals surface area contributed by atoms with Crippen molar-refractivity contribution in [3.05, 3.63) is 42.5 Å². The molecular formula is C17H18F2N2O4. The number of ether oxygens (including phenoxy) is 3. The van der Waals surface area contributed by atoms with Gasteiger partial charge < -0.3 is 24.8 Å². The van der Waals surface area contributed by atoms with E-state index in [1.165, 1.54) is 26.4 Å². The molecule has 2 aromatic carbocycles. The van der Waals surface area contributed by atoms with E-state index in [0.29, 0.717) is 17.1 Å². The average molecular weight is 352 g/mol. The van der Waals surface area contributed by atoms with Crippen LogP contribution in [0.4, 0.5) is 20.2 Å². The summed E-state index contributed by atoms with van der Waals surface area (Å²) in [5.74, 6) is 0.373. The van der Waals surface area contributed by atoms with E-state index in [4.69, 9.17) is 9.47 Å². The standard InChI is InChI=1S/C17H18F2N2O4/c1-23-13-5-3-4-12(8-13)21-16(22)10-20-11-6-7-14(24-2)15(9-11)25-17(18)19/h3-9,17,20H,10H2,1-2H3,(H,21,22). The van der Waals surface area contributed by atoms with Gasteiger partial charge in [-0.15, -0.1) is 0 Å². The quantitative estimate of drug-likeness (QED) is 0.762. The summed E-state index contributed by atoms with van der Waals surface area (Å²) in [6, 6.07) is 11.3. The molecule has 0 atom stereocenters. The molecule has 0 unspecified atom stereocenters. The average Bonchev–Trinajstić information content (AvgIpc) is 2.60. The Hall–Kier alpha value is -3.03. The second-order valence-electron chi connectivity index (χ2n) is 4.88. The van der Waals surface area contributed by atoms with Crippen LogP contribution in [0.15, 0.2) is 42.5 Å². The molecule has 0 radical (unpaired) electrons. The van der Waals surface area contributed by atoms with Crippen molar-refractivity contribution in [3.63, 3.8) is 0 Å². The summed E-state index contributed by atoms with van der Waals surface area (Å²) >= 11 is 0. The van der Waals surface area contributed by atoms with E-state index < -0.39 is 6.61 Å². The Balaban J connectivity index is 1.96. The molecule has 2 aromatic rings. The zero-order valence-corrected chi connectivity index (χ0v) is 13.7. The lowest BCUT2D eigenvalue weighted by Crippen LogP contribution is -2.21. The Morgan fingerprint density at radius 3 is 2.52 bits per heavy atom. The third-order valence-electron chi connectivity index (χ3n) is 3.19. The van der Waals surface area contributed by atoms with Crippen LogP contribution in [0.2, 0.25) is 0 Å². The SMILES string of the molecule is COc1cccc(NC(=O)CNc2ccc(OC)c(OC(F)F)c2)c1. The van der Waals surface area contributed by atoms with Gasteiger partial charge in [-0.3, -0.25) is 4.79 Å². The fraction of sp³-hybridized carbons (Fsp3) is 0.235. The summed E-state index contributed by atoms with van der Waals surface area (Å²) in [4.78, 5) is 12.0. The first-order valence-corrected chi connectivity index (χ1v) is 7.32. The summed E-state index contributed by atoms with van der Waals surface area (Å²) in [7, 11) is 2.88. The number of alkyl halides is 2. The van der Waals surface area contributed by atoms with Crippen molar-refractivity contribution in [2.45, 2.75) is 6.61 Å². The zero-order chi connectivity index (χ0) is 18.2. The maximum Gasteiger partial charge on any atom is 0.387 e. The second-order valence-corrected chi connectivity index (χ2v) is 4.88. The van der Waals surface area contributed by atoms with Gasteiger partial charge >= 0.3 is 6.61 Å². The van der Waals surface area contributed by atoms with Crippen LogP contribution < -0.4 is 24.8 Å². The minimum absolute atomic E-state index is 0.0579. The van der Waals surface area contributed by atoms with E-state index in [2.05, 4.69) is 15.4 Å². The minimum Gasteiger partial charge on any atom is -0.497 e. The van der Waals surface area contributed by atoms with Gasteiger partial charge in [-0.1, -0.05) is 6.07 Å². The largest absolute Gasteiger partial charge is 0.497 e. The molecule has 0 aliphatic carbocycles. The van der Waals surface area contributed by atoms with Crippen LogP contribution >= 0.6 is 0 Å². The van der Waals surface area contributed by atoms with Crippen LogP contribution in [0, 0.1) is 0 Å². The molecule has 0 spiro atoms. The molecule has 2 N–H and O–H groups in total. The Kier molecular flexibility index (Phi) is 6.39. The molecule has 0 saturated carbocycles. The number of nitrogens with one attached hydrogen (secondary N) is 2. The summed E-state index contributed by atoms with van der Waals surface area (Å²) < 4.78 is 39.2. The topological polar surface area (TPSA) is 68.8 Å². The van der Waals surface area contributed by atoms with Crippen molar-refractivity contribution in [1.29, 1.82) is 0 Å². The number of anilines is 2. The number of hydrogen-bond acceptors (Lipinski definition) is 5. The Bertz CT molecular complexity index is 726. The minimum atomic E-state index is -2.97. The predicted molar refractivity (Wildman–Crippen MR) is 89.7 cm³/mol. The fourth-order valence-corrected chi connectivity index (χ4v) is 2.06. The smallest absolute Gasteiger partial charge is 0.387 e. The molecule has 0 aliphatic rings. The highest BCUT2D eigenvalue weighted by Crippen LogP contribution is 2.31. The molecule has 2 rings (SSSR count). The lowest BCUT2D eigenvalue weighted by Gasteiger charge is -2.13. The van der Waals surface area contributed by atoms with Crippen molar-refractivity contribution in [1.82, 2.24) is 0 Å². The lowest BCUT2D eigenvalue weighted by atomic mass is 10.2. The molecule has 0 fully saturated rings. The van der Waals surface area contributed by atoms with Crippen molar-refractivity contribution in [3.8, 4) is 17.2 Å². The Morgan fingerprint density at radius 1 is 1.04 bits per heavy atom. The fourth-order valence-electron chi connectivity index (χ4n) is 2.06. The van der Waals surface area contributed by atoms with E-state index in [0.717, 1.165) is 0 Å². The normalized spacial score (nSPS) is 10.3. The van der Waals surface area contributed by atoms with Gasteiger partial charge in [0.05, 0.1) is 20.8 Å². The van der Waals surface area contributed by atoms with Crippen molar-refractivity contribution >= 4 is 17.3 Å². The number of halogens is 2. The molecule has 0 aromatic heterocycles. The van der Waals surface area contributed by atoms with E-state index >= 15 is 0 Å². The van der Waals surface area contributed by atoms with Crippen molar-refractivity contribution in [2.75, 3.05) is 31.4 Å². The van der Waals surface area contributed by atoms with Crippen LogP contribution in [-0.4, -0.2) is 33.3 Å². The van der Waals surface area contributed by atoms with Crippen LogP contribution in [0.3, 0.4) is 0 Å². The summed E-state index contributed by atoms with van der Waals surface area (Å²) in [6.45, 7) is -3.03. The van der Waals surface area contributed by atoms with Crippen LogP contribution in [-0.2, 0) is 4.79 Å². The molecule has 0 aliphatic heterocycles. The third-order valence-corrected chi connectivity index (χ3v) is 3.19. The number of rotatable bonds is 8. The third kappa shape index (κ3) is 5.52. The predicted octanol–water partition coefficient (Wildman–Crippen LogP) is 3.36. The van der Waals surface area contributed by atoms with Crippen LogP contribution in [0.25, 0.3) is 0 Å². The highest BCUT2D eigenvalue weighted by atomic mass is 19.3. The molecule has 6 nitrogen and oxygen atoms in total. The second kappa shape index (κ2) is 8.72. The highest BCUT2D eigenvalue weighted by Gasteiger charge is 2.12. The Morgan fingerprint density at radius 2 is 1.84 bits per heavy atom. The number of carbonyl (C=O) groups excluding carboxylic acids is 1. The van der Waals surface area contributed by atoms with Gasteiger partial charge in [0.25, 0.3) is 0 Å². The number of benzene rings is 2. The molecule has 1 amide bonds. The maximum absolute atomic E-state index is 12.4. The summed E-state index contributed by atoms with van der Waals surface area (Å²) in [5.41, 5.74) is 1.03. The zero-order valence-electron chi connectivity index (χ0n) is 13.7. The van der Waals surface area contributed by atoms with E-state index in [1.807, 2.05) is 0 Å². The van der Waals surface area contributed by atoms with E-state index in [9.17, 15) is 13.6 Å². The van der Waals surface area contributed by atoms with Crippen molar-refractivity contribution < 1.29 is 27.8 Å². The lowest BCUT2D eigenvalue weighted by molar-refractivity contribution is -0.114. The first-order valence-electron chi connectivity index (χ1n) is 7.32. The molecule has 25 heavy (non-hydrogen) atoms. The maximum atomic E-state index is 12.4. The molecule has 0 saturated heterocycles. The van der Waals surface area contributed by atoms with Gasteiger partial charge in [0.1, 0.15) is 5.75 Å². The van der Waals surface area contributed by atoms with Crippen LogP contribution in [0.1, 0.15) is 0 Å². The van der Waals surface area contributed by atoms with Gasteiger partial charge in [-0.2, -0.15) is 8.78 Å². The number of carbonyl (C=O) groups is 1. The molecule has 0 heterocycles. The van der Waals surface area contributed by atoms with Crippen molar-refractivity contribution in [2.24, 2.45) is 0 Å². The molecule has 8 heteroatoms. The van der Waals surface area contributed by atoms with E-state index in [-0.39, 0.29) is 24.0 Å². The molecule has 134 valence electrons. The van der Waals surface area contributed by atoms with Gasteiger partial charge in [0, 0.05) is 23.5 Å². The van der Waals surface area contributed by atoms with Gasteiger partial charge in [-0.25, -0.2) is 0 Å². The molecule has 0 bridgehead atoms. The van der Waals surface area contributed by atoms with Gasteiger partial charge in [-0.05, 0) is 24.3 Å². The first kappa shape index (κ1) is 18.3. The van der Waals surface area contributed by atoms with Crippen LogP contribution in [0.5, 0.6) is 17.2 Å². The van der Waals surface area contributed by atoms with Gasteiger partial charge in [0.2, 0.25) is 5.91 Å². The molecular weight excluding hydrogens is 334 g/mol. The summed E-state index contributed by atoms with van der Waals surface area (Å²) in [5, 5.41) is 5.53. The monoisotopic (exact) mass is 352 g/mol. The number of amides is 1.